The molecule has 0 radical (unpaired) electrons. The topological polar surface area (TPSA) is 59.0 Å². The predicted octanol–water partition coefficient (Wildman–Crippen LogP) is 0.984. The average Bonchev–Trinajstić information content (AvgIpc) is 2.50. The first kappa shape index (κ1) is 15.0. The quantitative estimate of drug-likeness (QED) is 0.814. The first-order valence-electron chi connectivity index (χ1n) is 6.95. The fraction of sp³-hybridized carbons (Fsp3) is 0.533. The number of esters is 1. The number of aliphatic hydroxyl groups excluding tert-OH is 1. The Balaban J connectivity index is 2.18. The number of rotatable bonds is 5. The number of hydrogen-bond donors (Lipinski definition) is 1. The second kappa shape index (κ2) is 7.38. The van der Waals surface area contributed by atoms with Crippen LogP contribution in [0.2, 0.25) is 0 Å². The maximum Gasteiger partial charge on any atom is 0.326 e. The molecule has 0 unspecified atom stereocenters. The van der Waals surface area contributed by atoms with Crippen molar-refractivity contribution in [2.75, 3.05) is 32.9 Å². The van der Waals surface area contributed by atoms with Crippen LogP contribution in [0.4, 0.5) is 0 Å². The third kappa shape index (κ3) is 3.56. The molecule has 0 aromatic heterocycles. The molecule has 2 rings (SSSR count). The summed E-state index contributed by atoms with van der Waals surface area (Å²) in [5.74, 6) is -0.384. The van der Waals surface area contributed by atoms with E-state index >= 15 is 0 Å². The van der Waals surface area contributed by atoms with E-state index in [0.717, 1.165) is 5.56 Å². The van der Waals surface area contributed by atoms with Crippen LogP contribution in [0.3, 0.4) is 0 Å². The van der Waals surface area contributed by atoms with Gasteiger partial charge in [0.25, 0.3) is 0 Å². The molecule has 0 amide bonds. The van der Waals surface area contributed by atoms with Gasteiger partial charge < -0.3 is 14.6 Å². The SMILES string of the molecule is CCOC(=O)[C@H]([C@@H](O)c1ccccc1)N1CCOCC1. The van der Waals surface area contributed by atoms with Gasteiger partial charge in [-0.15, -0.1) is 0 Å². The number of carbonyl (C=O) groups excluding carboxylic acids is 1. The van der Waals surface area contributed by atoms with Crippen molar-refractivity contribution in [3.05, 3.63) is 35.9 Å². The molecule has 1 heterocycles. The fourth-order valence-electron chi connectivity index (χ4n) is 2.39. The van der Waals surface area contributed by atoms with Gasteiger partial charge in [-0.25, -0.2) is 0 Å². The Morgan fingerprint density at radius 2 is 2.00 bits per heavy atom. The first-order chi connectivity index (χ1) is 9.74. The summed E-state index contributed by atoms with van der Waals surface area (Å²) < 4.78 is 10.4. The molecule has 1 aliphatic rings. The summed E-state index contributed by atoms with van der Waals surface area (Å²) >= 11 is 0. The number of aliphatic hydroxyl groups is 1. The van der Waals surface area contributed by atoms with E-state index in [1.165, 1.54) is 0 Å². The molecular weight excluding hydrogens is 258 g/mol. The average molecular weight is 279 g/mol. The normalized spacial score (nSPS) is 19.3. The summed E-state index contributed by atoms with van der Waals surface area (Å²) in [4.78, 5) is 14.1. The summed E-state index contributed by atoms with van der Waals surface area (Å²) in [6, 6.07) is 8.53. The molecule has 1 aromatic rings. The Morgan fingerprint density at radius 1 is 1.35 bits per heavy atom. The number of carbonyl (C=O) groups is 1. The molecule has 0 bridgehead atoms. The third-order valence-corrected chi connectivity index (χ3v) is 3.41. The molecule has 0 aliphatic carbocycles. The minimum atomic E-state index is -0.895. The van der Waals surface area contributed by atoms with Gasteiger partial charge >= 0.3 is 5.97 Å². The monoisotopic (exact) mass is 279 g/mol. The maximum atomic E-state index is 12.2. The maximum absolute atomic E-state index is 12.2. The molecule has 1 N–H and O–H groups in total. The highest BCUT2D eigenvalue weighted by atomic mass is 16.5. The molecule has 1 fully saturated rings. The van der Waals surface area contributed by atoms with E-state index in [1.807, 2.05) is 35.2 Å². The van der Waals surface area contributed by atoms with Crippen LogP contribution in [0.15, 0.2) is 30.3 Å². The molecule has 20 heavy (non-hydrogen) atoms. The van der Waals surface area contributed by atoms with Gasteiger partial charge in [0.15, 0.2) is 0 Å². The standard InChI is InChI=1S/C15H21NO4/c1-2-20-15(18)13(16-8-10-19-11-9-16)14(17)12-6-4-3-5-7-12/h3-7,13-14,17H,2,8-11H2,1H3/t13-,14-/m0/s1. The van der Waals surface area contributed by atoms with Crippen molar-refractivity contribution >= 4 is 5.97 Å². The summed E-state index contributed by atoms with van der Waals surface area (Å²) in [6.45, 7) is 4.44. The van der Waals surface area contributed by atoms with Gasteiger partial charge in [0.1, 0.15) is 12.1 Å². The second-order valence-electron chi connectivity index (χ2n) is 4.70. The number of benzene rings is 1. The Hall–Kier alpha value is -1.43. The van der Waals surface area contributed by atoms with Crippen molar-refractivity contribution in [2.45, 2.75) is 19.1 Å². The van der Waals surface area contributed by atoms with E-state index in [1.54, 1.807) is 6.92 Å². The fourth-order valence-corrected chi connectivity index (χ4v) is 2.39. The second-order valence-corrected chi connectivity index (χ2v) is 4.70. The Bertz CT molecular complexity index is 417. The smallest absolute Gasteiger partial charge is 0.326 e. The number of hydrogen-bond acceptors (Lipinski definition) is 5. The van der Waals surface area contributed by atoms with E-state index in [9.17, 15) is 9.90 Å². The largest absolute Gasteiger partial charge is 0.465 e. The van der Waals surface area contributed by atoms with Crippen LogP contribution in [-0.4, -0.2) is 54.9 Å². The number of nitrogens with zero attached hydrogens (tertiary/aromatic N) is 1. The summed E-state index contributed by atoms with van der Waals surface area (Å²) in [5.41, 5.74) is 0.719. The van der Waals surface area contributed by atoms with Crippen LogP contribution in [0.25, 0.3) is 0 Å². The highest BCUT2D eigenvalue weighted by Gasteiger charge is 2.35. The van der Waals surface area contributed by atoms with E-state index in [0.29, 0.717) is 32.9 Å². The van der Waals surface area contributed by atoms with Crippen LogP contribution in [0.5, 0.6) is 0 Å². The van der Waals surface area contributed by atoms with E-state index in [2.05, 4.69) is 0 Å². The van der Waals surface area contributed by atoms with Gasteiger partial charge in [0.2, 0.25) is 0 Å². The van der Waals surface area contributed by atoms with Crippen molar-refractivity contribution in [3.8, 4) is 0 Å². The lowest BCUT2D eigenvalue weighted by Gasteiger charge is -2.35. The predicted molar refractivity (Wildman–Crippen MR) is 74.2 cm³/mol. The molecule has 0 spiro atoms. The number of ether oxygens (including phenoxy) is 2. The zero-order valence-corrected chi connectivity index (χ0v) is 11.7. The molecule has 1 aromatic carbocycles. The van der Waals surface area contributed by atoms with Gasteiger partial charge in [-0.2, -0.15) is 0 Å². The van der Waals surface area contributed by atoms with Gasteiger partial charge in [0, 0.05) is 13.1 Å². The van der Waals surface area contributed by atoms with Crippen LogP contribution in [0, 0.1) is 0 Å². The van der Waals surface area contributed by atoms with Crippen molar-refractivity contribution in [1.29, 1.82) is 0 Å². The molecule has 5 heteroatoms. The van der Waals surface area contributed by atoms with Crippen LogP contribution < -0.4 is 0 Å². The third-order valence-electron chi connectivity index (χ3n) is 3.41. The molecule has 0 saturated carbocycles. The van der Waals surface area contributed by atoms with Crippen molar-refractivity contribution in [1.82, 2.24) is 4.90 Å². The van der Waals surface area contributed by atoms with Gasteiger partial charge in [-0.05, 0) is 12.5 Å². The lowest BCUT2D eigenvalue weighted by molar-refractivity contribution is -0.157. The first-order valence-corrected chi connectivity index (χ1v) is 6.95. The van der Waals surface area contributed by atoms with Gasteiger partial charge in [-0.1, -0.05) is 30.3 Å². The summed E-state index contributed by atoms with van der Waals surface area (Å²) in [5, 5.41) is 10.5. The summed E-state index contributed by atoms with van der Waals surface area (Å²) in [7, 11) is 0. The Morgan fingerprint density at radius 3 is 2.60 bits per heavy atom. The minimum absolute atomic E-state index is 0.307. The minimum Gasteiger partial charge on any atom is -0.465 e. The molecule has 5 nitrogen and oxygen atoms in total. The number of morpholine rings is 1. The Kier molecular flexibility index (Phi) is 5.52. The van der Waals surface area contributed by atoms with E-state index in [-0.39, 0.29) is 5.97 Å². The molecule has 2 atom stereocenters. The van der Waals surface area contributed by atoms with Crippen molar-refractivity contribution < 1.29 is 19.4 Å². The Labute approximate surface area is 119 Å². The van der Waals surface area contributed by atoms with E-state index < -0.39 is 12.1 Å². The van der Waals surface area contributed by atoms with Crippen molar-refractivity contribution in [3.63, 3.8) is 0 Å². The van der Waals surface area contributed by atoms with Crippen LogP contribution in [0.1, 0.15) is 18.6 Å². The highest BCUT2D eigenvalue weighted by Crippen LogP contribution is 2.23. The zero-order valence-electron chi connectivity index (χ0n) is 11.7. The van der Waals surface area contributed by atoms with Gasteiger partial charge in [-0.3, -0.25) is 9.69 Å². The molecule has 110 valence electrons. The summed E-state index contributed by atoms with van der Waals surface area (Å²) in [6.07, 6.45) is -0.895. The lowest BCUT2D eigenvalue weighted by Crippen LogP contribution is -2.51. The lowest BCUT2D eigenvalue weighted by atomic mass is 10.0. The van der Waals surface area contributed by atoms with Crippen LogP contribution >= 0.6 is 0 Å². The molecule has 1 saturated heterocycles. The molecule has 1 aliphatic heterocycles. The molecular formula is C15H21NO4. The zero-order chi connectivity index (χ0) is 14.4. The van der Waals surface area contributed by atoms with Crippen LogP contribution in [-0.2, 0) is 14.3 Å². The highest BCUT2D eigenvalue weighted by molar-refractivity contribution is 5.77. The van der Waals surface area contributed by atoms with E-state index in [4.69, 9.17) is 9.47 Å². The van der Waals surface area contributed by atoms with Crippen molar-refractivity contribution in [2.24, 2.45) is 0 Å². The van der Waals surface area contributed by atoms with Gasteiger partial charge in [0.05, 0.1) is 19.8 Å².